The number of hydrogen-bond acceptors (Lipinski definition) is 2. The second-order valence-electron chi connectivity index (χ2n) is 5.58. The average molecular weight is 299 g/mol. The van der Waals surface area contributed by atoms with Crippen molar-refractivity contribution in [3.8, 4) is 0 Å². The molecule has 17 heavy (non-hydrogen) atoms. The molecule has 0 amide bonds. The fourth-order valence-electron chi connectivity index (χ4n) is 1.84. The van der Waals surface area contributed by atoms with Crippen LogP contribution >= 0.6 is 15.9 Å². The minimum Gasteiger partial charge on any atom is -0.327 e. The zero-order valence-electron chi connectivity index (χ0n) is 11.2. The lowest BCUT2D eigenvalue weighted by atomic mass is 9.85. The van der Waals surface area contributed by atoms with Crippen LogP contribution in [0, 0.1) is 5.41 Å². The number of nitrogens with zero attached hydrogens (tertiary/aromatic N) is 1. The van der Waals surface area contributed by atoms with Crippen molar-refractivity contribution in [2.45, 2.75) is 33.4 Å². The summed E-state index contributed by atoms with van der Waals surface area (Å²) < 4.78 is 1.13. The lowest BCUT2D eigenvalue weighted by Crippen LogP contribution is -2.42. The van der Waals surface area contributed by atoms with Crippen molar-refractivity contribution in [3.05, 3.63) is 34.3 Å². The van der Waals surface area contributed by atoms with E-state index in [-0.39, 0.29) is 11.5 Å². The molecular formula is C14H23BrN2. The van der Waals surface area contributed by atoms with E-state index in [9.17, 15) is 0 Å². The summed E-state index contributed by atoms with van der Waals surface area (Å²) in [5.41, 5.74) is 7.46. The van der Waals surface area contributed by atoms with Crippen LogP contribution in [0.1, 0.15) is 26.3 Å². The molecule has 1 unspecified atom stereocenters. The average Bonchev–Trinajstić information content (AvgIpc) is 2.15. The number of rotatable bonds is 5. The lowest BCUT2D eigenvalue weighted by molar-refractivity contribution is 0.178. The van der Waals surface area contributed by atoms with Crippen molar-refractivity contribution in [2.24, 2.45) is 11.1 Å². The van der Waals surface area contributed by atoms with Crippen LogP contribution in [0.25, 0.3) is 0 Å². The monoisotopic (exact) mass is 298 g/mol. The number of hydrogen-bond donors (Lipinski definition) is 1. The van der Waals surface area contributed by atoms with Gasteiger partial charge in [-0.15, -0.1) is 0 Å². The van der Waals surface area contributed by atoms with Crippen LogP contribution < -0.4 is 5.73 Å². The van der Waals surface area contributed by atoms with Gasteiger partial charge in [0.15, 0.2) is 0 Å². The van der Waals surface area contributed by atoms with Crippen LogP contribution in [0.4, 0.5) is 0 Å². The third-order valence-corrected chi connectivity index (χ3v) is 3.74. The number of benzene rings is 1. The molecule has 2 nitrogen and oxygen atoms in total. The van der Waals surface area contributed by atoms with E-state index >= 15 is 0 Å². The van der Waals surface area contributed by atoms with Gasteiger partial charge in [0, 0.05) is 23.6 Å². The van der Waals surface area contributed by atoms with Gasteiger partial charge in [-0.25, -0.2) is 0 Å². The van der Waals surface area contributed by atoms with Crippen LogP contribution in [0.15, 0.2) is 28.7 Å². The van der Waals surface area contributed by atoms with Crippen LogP contribution in [-0.2, 0) is 6.54 Å². The lowest BCUT2D eigenvalue weighted by Gasteiger charge is -2.33. The van der Waals surface area contributed by atoms with Crippen LogP contribution in [0.3, 0.4) is 0 Å². The fourth-order valence-corrected chi connectivity index (χ4v) is 2.29. The second kappa shape index (κ2) is 5.98. The Kier molecular flexibility index (Phi) is 5.17. The van der Waals surface area contributed by atoms with Gasteiger partial charge >= 0.3 is 0 Å². The molecule has 1 atom stereocenters. The molecule has 96 valence electrons. The van der Waals surface area contributed by atoms with Crippen molar-refractivity contribution < 1.29 is 0 Å². The molecule has 0 aliphatic carbocycles. The Bertz CT molecular complexity index is 361. The van der Waals surface area contributed by atoms with Crippen molar-refractivity contribution in [2.75, 3.05) is 13.6 Å². The number of halogens is 1. The molecule has 1 aromatic rings. The second-order valence-corrected chi connectivity index (χ2v) is 6.50. The standard InChI is InChI=1S/C14H23BrN2/c1-11(16)14(2,3)10-17(4)9-12-6-5-7-13(15)8-12/h5-8,11H,9-10,16H2,1-4H3. The molecule has 0 heterocycles. The highest BCUT2D eigenvalue weighted by molar-refractivity contribution is 9.10. The van der Waals surface area contributed by atoms with Gasteiger partial charge in [0.1, 0.15) is 0 Å². The van der Waals surface area contributed by atoms with E-state index in [1.165, 1.54) is 5.56 Å². The molecule has 0 saturated heterocycles. The first-order valence-corrected chi connectivity index (χ1v) is 6.79. The predicted octanol–water partition coefficient (Wildman–Crippen LogP) is 3.25. The van der Waals surface area contributed by atoms with Gasteiger partial charge in [0.25, 0.3) is 0 Å². The zero-order valence-corrected chi connectivity index (χ0v) is 12.8. The molecule has 0 aliphatic heterocycles. The smallest absolute Gasteiger partial charge is 0.0231 e. The van der Waals surface area contributed by atoms with E-state index in [0.717, 1.165) is 17.6 Å². The summed E-state index contributed by atoms with van der Waals surface area (Å²) in [4.78, 5) is 2.32. The summed E-state index contributed by atoms with van der Waals surface area (Å²) in [6.07, 6.45) is 0. The minimum absolute atomic E-state index is 0.140. The Hall–Kier alpha value is -0.380. The highest BCUT2D eigenvalue weighted by Gasteiger charge is 2.24. The predicted molar refractivity (Wildman–Crippen MR) is 77.9 cm³/mol. The summed E-state index contributed by atoms with van der Waals surface area (Å²) in [5, 5.41) is 0. The van der Waals surface area contributed by atoms with E-state index < -0.39 is 0 Å². The van der Waals surface area contributed by atoms with E-state index in [4.69, 9.17) is 5.73 Å². The topological polar surface area (TPSA) is 29.3 Å². The maximum absolute atomic E-state index is 6.00. The number of nitrogens with two attached hydrogens (primary N) is 1. The summed E-state index contributed by atoms with van der Waals surface area (Å²) >= 11 is 3.50. The molecule has 0 aliphatic rings. The Morgan fingerprint density at radius 1 is 1.41 bits per heavy atom. The van der Waals surface area contributed by atoms with E-state index in [1.54, 1.807) is 0 Å². The van der Waals surface area contributed by atoms with Gasteiger partial charge in [-0.2, -0.15) is 0 Å². The summed E-state index contributed by atoms with van der Waals surface area (Å²) in [6, 6.07) is 8.64. The molecule has 0 bridgehead atoms. The molecule has 3 heteroatoms. The van der Waals surface area contributed by atoms with E-state index in [1.807, 2.05) is 0 Å². The first-order valence-electron chi connectivity index (χ1n) is 6.00. The molecule has 2 N–H and O–H groups in total. The quantitative estimate of drug-likeness (QED) is 0.904. The molecule has 0 fully saturated rings. The zero-order chi connectivity index (χ0) is 13.1. The third-order valence-electron chi connectivity index (χ3n) is 3.25. The molecular weight excluding hydrogens is 276 g/mol. The SMILES string of the molecule is CC(N)C(C)(C)CN(C)Cc1cccc(Br)c1. The summed E-state index contributed by atoms with van der Waals surface area (Å²) in [6.45, 7) is 8.46. The summed E-state index contributed by atoms with van der Waals surface area (Å²) in [5.74, 6) is 0. The molecule has 0 spiro atoms. The molecule has 1 rings (SSSR count). The van der Waals surface area contributed by atoms with Gasteiger partial charge in [-0.3, -0.25) is 0 Å². The van der Waals surface area contributed by atoms with Crippen LogP contribution in [-0.4, -0.2) is 24.5 Å². The normalized spacial score (nSPS) is 14.1. The van der Waals surface area contributed by atoms with E-state index in [0.29, 0.717) is 0 Å². The van der Waals surface area contributed by atoms with Crippen LogP contribution in [0.5, 0.6) is 0 Å². The van der Waals surface area contributed by atoms with E-state index in [2.05, 4.69) is 72.9 Å². The maximum atomic E-state index is 6.00. The van der Waals surface area contributed by atoms with Crippen molar-refractivity contribution in [1.82, 2.24) is 4.90 Å². The third kappa shape index (κ3) is 4.78. The molecule has 0 radical (unpaired) electrons. The van der Waals surface area contributed by atoms with Gasteiger partial charge < -0.3 is 10.6 Å². The van der Waals surface area contributed by atoms with Crippen molar-refractivity contribution in [1.29, 1.82) is 0 Å². The van der Waals surface area contributed by atoms with Gasteiger partial charge in [-0.1, -0.05) is 41.9 Å². The molecule has 1 aromatic carbocycles. The first kappa shape index (κ1) is 14.7. The maximum Gasteiger partial charge on any atom is 0.0231 e. The highest BCUT2D eigenvalue weighted by Crippen LogP contribution is 2.21. The Morgan fingerprint density at radius 3 is 2.59 bits per heavy atom. The minimum atomic E-state index is 0.140. The van der Waals surface area contributed by atoms with Gasteiger partial charge in [0.05, 0.1) is 0 Å². The van der Waals surface area contributed by atoms with Crippen LogP contribution in [0.2, 0.25) is 0 Å². The highest BCUT2D eigenvalue weighted by atomic mass is 79.9. The summed E-state index contributed by atoms with van der Waals surface area (Å²) in [7, 11) is 2.14. The van der Waals surface area contributed by atoms with Gasteiger partial charge in [0.2, 0.25) is 0 Å². The Balaban J connectivity index is 2.58. The molecule has 0 aromatic heterocycles. The van der Waals surface area contributed by atoms with Crippen molar-refractivity contribution in [3.63, 3.8) is 0 Å². The molecule has 0 saturated carbocycles. The Morgan fingerprint density at radius 2 is 2.06 bits per heavy atom. The van der Waals surface area contributed by atoms with Crippen molar-refractivity contribution >= 4 is 15.9 Å². The first-order chi connectivity index (χ1) is 7.81. The Labute approximate surface area is 113 Å². The largest absolute Gasteiger partial charge is 0.327 e. The fraction of sp³-hybridized carbons (Fsp3) is 0.571. The van der Waals surface area contributed by atoms with Gasteiger partial charge in [-0.05, 0) is 37.1 Å².